The number of halogens is 1. The fourth-order valence-electron chi connectivity index (χ4n) is 3.02. The number of carbonyl (C=O) groups is 1. The third-order valence-electron chi connectivity index (χ3n) is 4.57. The number of nitrogens with zero attached hydrogens (tertiary/aromatic N) is 2. The molecule has 0 aliphatic heterocycles. The van der Waals surface area contributed by atoms with E-state index in [9.17, 15) is 14.9 Å². The number of rotatable bonds is 7. The summed E-state index contributed by atoms with van der Waals surface area (Å²) in [5.74, 6) is 0.779. The van der Waals surface area contributed by atoms with E-state index in [1.54, 1.807) is 36.4 Å². The van der Waals surface area contributed by atoms with Crippen LogP contribution in [0.5, 0.6) is 5.75 Å². The van der Waals surface area contributed by atoms with E-state index in [-0.39, 0.29) is 11.6 Å². The maximum absolute atomic E-state index is 12.5. The molecule has 0 fully saturated rings. The van der Waals surface area contributed by atoms with Gasteiger partial charge in [-0.1, -0.05) is 35.5 Å². The SMILES string of the molecule is COc1ccc([N+](=O)[O-])cc1CSc1nc2ccc(NC(=O)c3ccccc3Cl)cc2s1. The van der Waals surface area contributed by atoms with Crippen molar-refractivity contribution in [3.05, 3.63) is 86.9 Å². The number of nitro benzene ring substituents is 1. The average Bonchev–Trinajstić information content (AvgIpc) is 3.19. The van der Waals surface area contributed by atoms with Gasteiger partial charge in [-0.15, -0.1) is 11.3 Å². The van der Waals surface area contributed by atoms with Crippen molar-refractivity contribution < 1.29 is 14.5 Å². The molecule has 1 aromatic heterocycles. The second-order valence-electron chi connectivity index (χ2n) is 6.64. The molecular weight excluding hydrogens is 470 g/mol. The van der Waals surface area contributed by atoms with Gasteiger partial charge in [-0.2, -0.15) is 0 Å². The second-order valence-corrected chi connectivity index (χ2v) is 9.30. The summed E-state index contributed by atoms with van der Waals surface area (Å²) in [6.07, 6.45) is 0. The summed E-state index contributed by atoms with van der Waals surface area (Å²) in [6.45, 7) is 0. The van der Waals surface area contributed by atoms with Crippen molar-refractivity contribution >= 4 is 62.2 Å². The molecule has 0 saturated heterocycles. The molecule has 0 aliphatic carbocycles. The Kier molecular flexibility index (Phi) is 6.59. The number of ether oxygens (including phenoxy) is 1. The number of hydrogen-bond donors (Lipinski definition) is 1. The third kappa shape index (κ3) is 4.85. The number of non-ortho nitro benzene ring substituents is 1. The number of aromatic nitrogens is 1. The van der Waals surface area contributed by atoms with Crippen LogP contribution in [0.4, 0.5) is 11.4 Å². The Hall–Kier alpha value is -3.14. The number of carbonyl (C=O) groups excluding carboxylic acids is 1. The van der Waals surface area contributed by atoms with Crippen molar-refractivity contribution in [3.8, 4) is 5.75 Å². The largest absolute Gasteiger partial charge is 0.496 e. The molecule has 0 bridgehead atoms. The van der Waals surface area contributed by atoms with Gasteiger partial charge < -0.3 is 10.1 Å². The van der Waals surface area contributed by atoms with E-state index in [1.165, 1.54) is 42.3 Å². The molecule has 0 unspecified atom stereocenters. The summed E-state index contributed by atoms with van der Waals surface area (Å²) in [6, 6.07) is 16.9. The van der Waals surface area contributed by atoms with Crippen LogP contribution in [-0.2, 0) is 5.75 Å². The number of benzene rings is 3. The molecule has 0 saturated carbocycles. The summed E-state index contributed by atoms with van der Waals surface area (Å²) in [5.41, 5.74) is 2.59. The Morgan fingerprint density at radius 3 is 2.78 bits per heavy atom. The minimum absolute atomic E-state index is 0.0182. The number of nitro groups is 1. The van der Waals surface area contributed by atoms with Gasteiger partial charge in [0.1, 0.15) is 5.75 Å². The molecule has 0 aliphatic rings. The Morgan fingerprint density at radius 1 is 1.22 bits per heavy atom. The first-order chi connectivity index (χ1) is 15.4. The predicted octanol–water partition coefficient (Wildman–Crippen LogP) is 6.41. The topological polar surface area (TPSA) is 94.4 Å². The van der Waals surface area contributed by atoms with Gasteiger partial charge in [0.15, 0.2) is 4.34 Å². The molecule has 7 nitrogen and oxygen atoms in total. The highest BCUT2D eigenvalue weighted by atomic mass is 35.5. The minimum atomic E-state index is -0.427. The van der Waals surface area contributed by atoms with Crippen LogP contribution in [0.3, 0.4) is 0 Å². The van der Waals surface area contributed by atoms with Crippen LogP contribution in [0.2, 0.25) is 5.02 Å². The van der Waals surface area contributed by atoms with Crippen molar-refractivity contribution in [2.45, 2.75) is 10.1 Å². The molecule has 0 spiro atoms. The summed E-state index contributed by atoms with van der Waals surface area (Å²) in [4.78, 5) is 27.8. The highest BCUT2D eigenvalue weighted by molar-refractivity contribution is 8.00. The highest BCUT2D eigenvalue weighted by Crippen LogP contribution is 2.35. The van der Waals surface area contributed by atoms with Crippen LogP contribution < -0.4 is 10.1 Å². The van der Waals surface area contributed by atoms with Crippen molar-refractivity contribution in [1.82, 2.24) is 4.98 Å². The molecule has 1 amide bonds. The number of anilines is 1. The van der Waals surface area contributed by atoms with Crippen LogP contribution in [0, 0.1) is 10.1 Å². The first kappa shape index (κ1) is 22.1. The number of fused-ring (bicyclic) bond motifs is 1. The normalized spacial score (nSPS) is 10.8. The van der Waals surface area contributed by atoms with E-state index < -0.39 is 4.92 Å². The monoisotopic (exact) mass is 485 g/mol. The first-order valence-corrected chi connectivity index (χ1v) is 11.5. The predicted molar refractivity (Wildman–Crippen MR) is 128 cm³/mol. The van der Waals surface area contributed by atoms with Gasteiger partial charge in [-0.05, 0) is 36.4 Å². The molecule has 0 radical (unpaired) electrons. The van der Waals surface area contributed by atoms with Crippen LogP contribution in [-0.4, -0.2) is 22.9 Å². The van der Waals surface area contributed by atoms with Crippen molar-refractivity contribution in [2.75, 3.05) is 12.4 Å². The molecular formula is C22H16ClN3O4S2. The zero-order chi connectivity index (χ0) is 22.7. The van der Waals surface area contributed by atoms with E-state index in [2.05, 4.69) is 10.3 Å². The van der Waals surface area contributed by atoms with Gasteiger partial charge in [0.05, 0.1) is 32.8 Å². The second kappa shape index (κ2) is 9.56. The summed E-state index contributed by atoms with van der Waals surface area (Å²) >= 11 is 9.05. The third-order valence-corrected chi connectivity index (χ3v) is 7.11. The molecule has 1 heterocycles. The fraction of sp³-hybridized carbons (Fsp3) is 0.0909. The van der Waals surface area contributed by atoms with Crippen LogP contribution in [0.25, 0.3) is 10.2 Å². The summed E-state index contributed by atoms with van der Waals surface area (Å²) in [5, 5.41) is 14.3. The lowest BCUT2D eigenvalue weighted by atomic mass is 10.2. The summed E-state index contributed by atoms with van der Waals surface area (Å²) in [7, 11) is 1.53. The quantitative estimate of drug-likeness (QED) is 0.184. The number of amides is 1. The lowest BCUT2D eigenvalue weighted by Crippen LogP contribution is -2.12. The summed E-state index contributed by atoms with van der Waals surface area (Å²) < 4.78 is 7.04. The Labute approximate surface area is 196 Å². The smallest absolute Gasteiger partial charge is 0.270 e. The standard InChI is InChI=1S/C22H16ClN3O4S2/c1-30-19-9-7-15(26(28)29)10-13(19)12-31-22-25-18-8-6-14(11-20(18)32-22)24-21(27)16-4-2-3-5-17(16)23/h2-11H,12H2,1H3,(H,24,27). The number of nitrogens with one attached hydrogen (secondary N) is 1. The number of hydrogen-bond acceptors (Lipinski definition) is 7. The van der Waals surface area contributed by atoms with Gasteiger partial charge in [-0.3, -0.25) is 14.9 Å². The van der Waals surface area contributed by atoms with Gasteiger partial charge in [0, 0.05) is 29.1 Å². The highest BCUT2D eigenvalue weighted by Gasteiger charge is 2.14. The van der Waals surface area contributed by atoms with Crippen molar-refractivity contribution in [1.29, 1.82) is 0 Å². The molecule has 10 heteroatoms. The average molecular weight is 486 g/mol. The van der Waals surface area contributed by atoms with Crippen molar-refractivity contribution in [2.24, 2.45) is 0 Å². The van der Waals surface area contributed by atoms with Gasteiger partial charge >= 0.3 is 0 Å². The van der Waals surface area contributed by atoms with Gasteiger partial charge in [-0.25, -0.2) is 4.98 Å². The van der Waals surface area contributed by atoms with E-state index in [1.807, 2.05) is 12.1 Å². The number of thioether (sulfide) groups is 1. The zero-order valence-corrected chi connectivity index (χ0v) is 19.1. The number of methoxy groups -OCH3 is 1. The molecule has 162 valence electrons. The Bertz CT molecular complexity index is 1330. The van der Waals surface area contributed by atoms with E-state index in [4.69, 9.17) is 16.3 Å². The molecule has 1 N–H and O–H groups in total. The lowest BCUT2D eigenvalue weighted by Gasteiger charge is -2.06. The van der Waals surface area contributed by atoms with Crippen molar-refractivity contribution in [3.63, 3.8) is 0 Å². The minimum Gasteiger partial charge on any atom is -0.496 e. The maximum atomic E-state index is 12.5. The fourth-order valence-corrected chi connectivity index (χ4v) is 5.32. The van der Waals surface area contributed by atoms with E-state index in [0.717, 1.165) is 20.1 Å². The zero-order valence-electron chi connectivity index (χ0n) is 16.7. The molecule has 4 aromatic rings. The molecule has 3 aromatic carbocycles. The number of thiazole rings is 1. The van der Waals surface area contributed by atoms with Crippen LogP contribution in [0.15, 0.2) is 65.0 Å². The Morgan fingerprint density at radius 2 is 2.03 bits per heavy atom. The molecule has 32 heavy (non-hydrogen) atoms. The van der Waals surface area contributed by atoms with Crippen LogP contribution in [0.1, 0.15) is 15.9 Å². The van der Waals surface area contributed by atoms with E-state index >= 15 is 0 Å². The molecule has 0 atom stereocenters. The Balaban J connectivity index is 1.50. The first-order valence-electron chi connectivity index (χ1n) is 9.35. The molecule has 4 rings (SSSR count). The van der Waals surface area contributed by atoms with E-state index in [0.29, 0.717) is 27.8 Å². The van der Waals surface area contributed by atoms with Gasteiger partial charge in [0.2, 0.25) is 0 Å². The maximum Gasteiger partial charge on any atom is 0.270 e. The lowest BCUT2D eigenvalue weighted by molar-refractivity contribution is -0.384. The van der Waals surface area contributed by atoms with Crippen LogP contribution >= 0.6 is 34.7 Å². The van der Waals surface area contributed by atoms with Gasteiger partial charge in [0.25, 0.3) is 11.6 Å².